The molecule has 4 aliphatic rings. The SMILES string of the molecule is CC1(C)CC2CC(C)(CN2C[C@@H]2C[C@H](c3ccc(CO)cc3)O[C@H](c3cccc(N4C(=O)CC(NC(=O)OCc5ccccc5)C4=O)c3)O2)C1. The van der Waals surface area contributed by atoms with Gasteiger partial charge in [-0.05, 0) is 58.9 Å². The number of hydrogen-bond acceptors (Lipinski definition) is 8. The second-order valence-corrected chi connectivity index (χ2v) is 15.6. The van der Waals surface area contributed by atoms with E-state index in [9.17, 15) is 19.5 Å². The van der Waals surface area contributed by atoms with E-state index in [1.165, 1.54) is 19.3 Å². The van der Waals surface area contributed by atoms with Crippen LogP contribution < -0.4 is 10.2 Å². The van der Waals surface area contributed by atoms with Crippen molar-refractivity contribution in [2.45, 2.75) is 96.7 Å². The number of hydrogen-bond donors (Lipinski definition) is 2. The topological polar surface area (TPSA) is 118 Å². The van der Waals surface area contributed by atoms with Gasteiger partial charge in [-0.1, -0.05) is 87.5 Å². The van der Waals surface area contributed by atoms with Crippen LogP contribution >= 0.6 is 0 Å². The molecule has 3 heterocycles. The first kappa shape index (κ1) is 34.4. The lowest BCUT2D eigenvalue weighted by Gasteiger charge is -2.41. The molecule has 10 heteroatoms. The molecule has 1 saturated carbocycles. The van der Waals surface area contributed by atoms with Gasteiger partial charge in [0.15, 0.2) is 6.29 Å². The number of benzene rings is 3. The molecule has 2 bridgehead atoms. The van der Waals surface area contributed by atoms with E-state index >= 15 is 0 Å². The van der Waals surface area contributed by atoms with Gasteiger partial charge < -0.3 is 24.6 Å². The molecule has 3 aromatic rings. The van der Waals surface area contributed by atoms with Crippen LogP contribution in [0.1, 0.15) is 87.5 Å². The van der Waals surface area contributed by atoms with Crippen LogP contribution in [0.3, 0.4) is 0 Å². The number of anilines is 1. The minimum absolute atomic E-state index is 0.0301. The number of imide groups is 1. The number of nitrogens with zero attached hydrogens (tertiary/aromatic N) is 2. The molecular weight excluding hydrogens is 634 g/mol. The van der Waals surface area contributed by atoms with E-state index in [1.807, 2.05) is 60.7 Å². The van der Waals surface area contributed by atoms with Crippen LogP contribution in [-0.4, -0.2) is 59.2 Å². The summed E-state index contributed by atoms with van der Waals surface area (Å²) in [5.41, 5.74) is 4.34. The molecule has 10 nitrogen and oxygen atoms in total. The largest absolute Gasteiger partial charge is 0.445 e. The zero-order valence-electron chi connectivity index (χ0n) is 29.0. The molecule has 0 spiro atoms. The van der Waals surface area contributed by atoms with Crippen LogP contribution in [0.15, 0.2) is 78.9 Å². The zero-order valence-corrected chi connectivity index (χ0v) is 29.0. The van der Waals surface area contributed by atoms with Crippen molar-refractivity contribution in [3.8, 4) is 0 Å². The molecule has 3 unspecified atom stereocenters. The van der Waals surface area contributed by atoms with E-state index in [2.05, 4.69) is 31.0 Å². The van der Waals surface area contributed by atoms with Gasteiger partial charge in [0, 0.05) is 31.1 Å². The monoisotopic (exact) mass is 681 g/mol. The highest BCUT2D eigenvalue weighted by atomic mass is 16.7. The number of aliphatic hydroxyl groups is 1. The van der Waals surface area contributed by atoms with Crippen LogP contribution in [0.4, 0.5) is 10.5 Å². The number of nitrogens with one attached hydrogen (secondary N) is 1. The first-order valence-electron chi connectivity index (χ1n) is 17.7. The minimum Gasteiger partial charge on any atom is -0.445 e. The number of alkyl carbamates (subject to hydrolysis) is 1. The average molecular weight is 682 g/mol. The molecule has 264 valence electrons. The lowest BCUT2D eigenvalue weighted by molar-refractivity contribution is -0.253. The molecule has 3 saturated heterocycles. The molecule has 1 aliphatic carbocycles. The fourth-order valence-corrected chi connectivity index (χ4v) is 8.82. The predicted octanol–water partition coefficient (Wildman–Crippen LogP) is 6.18. The standard InChI is InChI=1S/C40H47N3O7/c1-39(2)19-31-20-40(3,24-39)25-42(31)21-32-17-34(28-14-12-26(22-44)13-15-28)50-37(49-32)29-10-7-11-30(16-29)43-35(45)18-33(36(43)46)41-38(47)48-23-27-8-5-4-6-9-27/h4-16,31-34,37,44H,17-25H2,1-3H3,(H,41,47)/t31?,32-,33?,34+,37+,40?/m0/s1. The summed E-state index contributed by atoms with van der Waals surface area (Å²) in [5, 5.41) is 12.2. The number of rotatable bonds is 9. The third-order valence-corrected chi connectivity index (χ3v) is 10.6. The summed E-state index contributed by atoms with van der Waals surface area (Å²) >= 11 is 0. The van der Waals surface area contributed by atoms with Crippen molar-refractivity contribution in [2.75, 3.05) is 18.0 Å². The van der Waals surface area contributed by atoms with Crippen LogP contribution in [0, 0.1) is 10.8 Å². The third-order valence-electron chi connectivity index (χ3n) is 10.6. The summed E-state index contributed by atoms with van der Waals surface area (Å²) in [6.07, 6.45) is 2.23. The highest BCUT2D eigenvalue weighted by Crippen LogP contribution is 2.53. The van der Waals surface area contributed by atoms with E-state index in [0.29, 0.717) is 34.5 Å². The van der Waals surface area contributed by atoms with Crippen molar-refractivity contribution in [3.63, 3.8) is 0 Å². The van der Waals surface area contributed by atoms with E-state index in [-0.39, 0.29) is 31.8 Å². The Morgan fingerprint density at radius 3 is 2.48 bits per heavy atom. The van der Waals surface area contributed by atoms with E-state index in [0.717, 1.165) is 34.7 Å². The molecule has 0 radical (unpaired) electrons. The van der Waals surface area contributed by atoms with Crippen molar-refractivity contribution in [3.05, 3.63) is 101 Å². The maximum atomic E-state index is 13.5. The smallest absolute Gasteiger partial charge is 0.408 e. The van der Waals surface area contributed by atoms with Crippen LogP contribution in [0.25, 0.3) is 0 Å². The normalized spacial score (nSPS) is 29.3. The molecule has 2 N–H and O–H groups in total. The molecule has 3 aromatic carbocycles. The lowest BCUT2D eigenvalue weighted by atomic mass is 9.65. The summed E-state index contributed by atoms with van der Waals surface area (Å²) in [6, 6.07) is 23.7. The van der Waals surface area contributed by atoms with Gasteiger partial charge in [-0.15, -0.1) is 0 Å². The summed E-state index contributed by atoms with van der Waals surface area (Å²) in [4.78, 5) is 42.9. The molecule has 0 aromatic heterocycles. The Morgan fingerprint density at radius 1 is 0.940 bits per heavy atom. The first-order valence-corrected chi connectivity index (χ1v) is 17.7. The Bertz CT molecular complexity index is 1710. The maximum absolute atomic E-state index is 13.5. The minimum atomic E-state index is -1.03. The van der Waals surface area contributed by atoms with E-state index < -0.39 is 30.2 Å². The summed E-state index contributed by atoms with van der Waals surface area (Å²) in [7, 11) is 0. The van der Waals surface area contributed by atoms with Gasteiger partial charge in [0.05, 0.1) is 30.9 Å². The van der Waals surface area contributed by atoms with Gasteiger partial charge in [-0.3, -0.25) is 14.5 Å². The number of carbonyl (C=O) groups is 3. The van der Waals surface area contributed by atoms with Gasteiger partial charge in [-0.25, -0.2) is 9.69 Å². The highest BCUT2D eigenvalue weighted by molar-refractivity contribution is 6.22. The van der Waals surface area contributed by atoms with Crippen molar-refractivity contribution in [2.24, 2.45) is 10.8 Å². The summed E-state index contributed by atoms with van der Waals surface area (Å²) in [5.74, 6) is -0.937. The zero-order chi connectivity index (χ0) is 35.0. The van der Waals surface area contributed by atoms with Crippen LogP contribution in [-0.2, 0) is 37.0 Å². The first-order chi connectivity index (χ1) is 24.0. The molecule has 4 fully saturated rings. The van der Waals surface area contributed by atoms with Gasteiger partial charge >= 0.3 is 6.09 Å². The fraction of sp³-hybridized carbons (Fsp3) is 0.475. The Kier molecular flexibility index (Phi) is 9.56. The Morgan fingerprint density at radius 2 is 1.72 bits per heavy atom. The molecule has 6 atom stereocenters. The average Bonchev–Trinajstić information content (AvgIpc) is 3.51. The second-order valence-electron chi connectivity index (χ2n) is 15.6. The maximum Gasteiger partial charge on any atom is 0.408 e. The molecular formula is C40H47N3O7. The molecule has 7 rings (SSSR count). The fourth-order valence-electron chi connectivity index (χ4n) is 8.82. The Labute approximate surface area is 293 Å². The number of likely N-dealkylation sites (tertiary alicyclic amines) is 1. The summed E-state index contributed by atoms with van der Waals surface area (Å²) < 4.78 is 18.6. The second kappa shape index (κ2) is 13.9. The van der Waals surface area contributed by atoms with Crippen molar-refractivity contribution >= 4 is 23.6 Å². The number of ether oxygens (including phenoxy) is 3. The van der Waals surface area contributed by atoms with Gasteiger partial charge in [-0.2, -0.15) is 0 Å². The van der Waals surface area contributed by atoms with Crippen molar-refractivity contribution in [1.82, 2.24) is 10.2 Å². The van der Waals surface area contributed by atoms with Crippen LogP contribution in [0.5, 0.6) is 0 Å². The molecule has 3 aliphatic heterocycles. The van der Waals surface area contributed by atoms with E-state index in [1.54, 1.807) is 18.2 Å². The number of aliphatic hydroxyl groups excluding tert-OH is 1. The van der Waals surface area contributed by atoms with E-state index in [4.69, 9.17) is 14.2 Å². The molecule has 3 amide bonds. The van der Waals surface area contributed by atoms with Crippen LogP contribution in [0.2, 0.25) is 0 Å². The number of fused-ring (bicyclic) bond motifs is 2. The van der Waals surface area contributed by atoms with Gasteiger partial charge in [0.25, 0.3) is 5.91 Å². The van der Waals surface area contributed by atoms with Crippen molar-refractivity contribution in [1.29, 1.82) is 0 Å². The Balaban J connectivity index is 1.07. The van der Waals surface area contributed by atoms with Gasteiger partial charge in [0.2, 0.25) is 5.91 Å². The summed E-state index contributed by atoms with van der Waals surface area (Å²) in [6.45, 7) is 9.04. The lowest BCUT2D eigenvalue weighted by Crippen LogP contribution is -2.42. The quantitative estimate of drug-likeness (QED) is 0.257. The third kappa shape index (κ3) is 7.49. The van der Waals surface area contributed by atoms with Gasteiger partial charge in [0.1, 0.15) is 12.6 Å². The highest BCUT2D eigenvalue weighted by Gasteiger charge is 2.50. The predicted molar refractivity (Wildman–Crippen MR) is 187 cm³/mol. The van der Waals surface area contributed by atoms with Crippen molar-refractivity contribution < 1.29 is 33.7 Å². The number of amides is 3. The molecule has 50 heavy (non-hydrogen) atoms. The number of carbonyl (C=O) groups excluding carboxylic acids is 3. The Hall–Kier alpha value is -4.09.